The third-order valence-electron chi connectivity index (χ3n) is 0.590. The summed E-state index contributed by atoms with van der Waals surface area (Å²) in [6.45, 7) is -0.179. The first-order chi connectivity index (χ1) is 4.66. The molecule has 0 unspecified atom stereocenters. The predicted molar refractivity (Wildman–Crippen MR) is 34.9 cm³/mol. The largest absolute Gasteiger partial charge is 0.370 e. The van der Waals surface area contributed by atoms with Crippen LogP contribution in [0.5, 0.6) is 0 Å². The SMILES string of the molecule is NC(N)=NC(=O)CNC=O. The molecule has 0 aliphatic heterocycles. The van der Waals surface area contributed by atoms with Gasteiger partial charge in [-0.3, -0.25) is 9.59 Å². The number of carbonyl (C=O) groups excluding carboxylic acids is 2. The molecule has 0 radical (unpaired) electrons. The molecule has 0 rings (SSSR count). The number of nitrogens with one attached hydrogen (secondary N) is 1. The monoisotopic (exact) mass is 144 g/mol. The van der Waals surface area contributed by atoms with E-state index in [1.54, 1.807) is 0 Å². The molecule has 0 aromatic carbocycles. The molecule has 0 fully saturated rings. The van der Waals surface area contributed by atoms with Crippen molar-refractivity contribution < 1.29 is 9.59 Å². The van der Waals surface area contributed by atoms with Gasteiger partial charge >= 0.3 is 0 Å². The fraction of sp³-hybridized carbons (Fsp3) is 0.250. The maximum atomic E-state index is 10.4. The van der Waals surface area contributed by atoms with Crippen molar-refractivity contribution in [2.24, 2.45) is 16.5 Å². The Morgan fingerprint density at radius 3 is 2.60 bits per heavy atom. The Morgan fingerprint density at radius 1 is 1.60 bits per heavy atom. The molecular weight excluding hydrogens is 136 g/mol. The van der Waals surface area contributed by atoms with E-state index in [4.69, 9.17) is 11.5 Å². The minimum Gasteiger partial charge on any atom is -0.370 e. The van der Waals surface area contributed by atoms with Crippen molar-refractivity contribution in [3.05, 3.63) is 0 Å². The molecular formula is C4H8N4O2. The molecule has 10 heavy (non-hydrogen) atoms. The van der Waals surface area contributed by atoms with Gasteiger partial charge in [-0.15, -0.1) is 0 Å². The van der Waals surface area contributed by atoms with Crippen molar-refractivity contribution >= 4 is 18.3 Å². The van der Waals surface area contributed by atoms with Crippen LogP contribution in [0.1, 0.15) is 0 Å². The lowest BCUT2D eigenvalue weighted by atomic mass is 10.6. The number of nitrogens with zero attached hydrogens (tertiary/aromatic N) is 1. The quantitative estimate of drug-likeness (QED) is 0.231. The van der Waals surface area contributed by atoms with Gasteiger partial charge in [0.05, 0.1) is 6.54 Å². The molecule has 2 amide bonds. The van der Waals surface area contributed by atoms with Crippen molar-refractivity contribution in [1.29, 1.82) is 0 Å². The second-order valence-corrected chi connectivity index (χ2v) is 1.43. The van der Waals surface area contributed by atoms with Crippen molar-refractivity contribution in [2.45, 2.75) is 0 Å². The molecule has 5 N–H and O–H groups in total. The van der Waals surface area contributed by atoms with Crippen LogP contribution in [0.2, 0.25) is 0 Å². The lowest BCUT2D eigenvalue weighted by molar-refractivity contribution is -0.119. The van der Waals surface area contributed by atoms with E-state index < -0.39 is 5.91 Å². The maximum absolute atomic E-state index is 10.4. The molecule has 0 bridgehead atoms. The van der Waals surface area contributed by atoms with E-state index in [-0.39, 0.29) is 12.5 Å². The lowest BCUT2D eigenvalue weighted by Crippen LogP contribution is -2.27. The van der Waals surface area contributed by atoms with Gasteiger partial charge in [0.1, 0.15) is 0 Å². The number of hydrogen-bond donors (Lipinski definition) is 3. The number of hydrogen-bond acceptors (Lipinski definition) is 2. The van der Waals surface area contributed by atoms with Crippen molar-refractivity contribution in [3.8, 4) is 0 Å². The fourth-order valence-corrected chi connectivity index (χ4v) is 0.312. The molecule has 6 heteroatoms. The van der Waals surface area contributed by atoms with Gasteiger partial charge in [0.15, 0.2) is 5.96 Å². The van der Waals surface area contributed by atoms with Crippen LogP contribution in [0.3, 0.4) is 0 Å². The first kappa shape index (κ1) is 8.41. The highest BCUT2D eigenvalue weighted by Gasteiger charge is 1.95. The van der Waals surface area contributed by atoms with Crippen molar-refractivity contribution in [2.75, 3.05) is 6.54 Å². The number of carbonyl (C=O) groups is 2. The number of amides is 2. The molecule has 0 aromatic heterocycles. The Kier molecular flexibility index (Phi) is 3.62. The highest BCUT2D eigenvalue weighted by molar-refractivity contribution is 5.92. The molecule has 0 saturated carbocycles. The van der Waals surface area contributed by atoms with E-state index in [2.05, 4.69) is 10.3 Å². The van der Waals surface area contributed by atoms with Crippen LogP contribution in [0.15, 0.2) is 4.99 Å². The van der Waals surface area contributed by atoms with Crippen LogP contribution in [0.4, 0.5) is 0 Å². The molecule has 0 aromatic rings. The summed E-state index contributed by atoms with van der Waals surface area (Å²) in [6, 6.07) is 0. The molecule has 0 saturated heterocycles. The van der Waals surface area contributed by atoms with Crippen LogP contribution in [-0.2, 0) is 9.59 Å². The van der Waals surface area contributed by atoms with Gasteiger partial charge in [0.2, 0.25) is 6.41 Å². The Labute approximate surface area is 57.3 Å². The molecule has 0 atom stereocenters. The van der Waals surface area contributed by atoms with Gasteiger partial charge in [-0.1, -0.05) is 0 Å². The summed E-state index contributed by atoms with van der Waals surface area (Å²) in [5, 5.41) is 2.11. The Morgan fingerprint density at radius 2 is 2.20 bits per heavy atom. The minimum absolute atomic E-state index is 0.179. The van der Waals surface area contributed by atoms with E-state index in [0.29, 0.717) is 6.41 Å². The summed E-state index contributed by atoms with van der Waals surface area (Å²) < 4.78 is 0. The van der Waals surface area contributed by atoms with Gasteiger partial charge in [0.25, 0.3) is 5.91 Å². The standard InChI is InChI=1S/C4H8N4O2/c5-4(6)8-3(10)1-7-2-9/h2H,1H2,(H,7,9)(H4,5,6,8,10). The molecule has 6 nitrogen and oxygen atoms in total. The zero-order valence-corrected chi connectivity index (χ0v) is 5.20. The number of nitrogens with two attached hydrogens (primary N) is 2. The van der Waals surface area contributed by atoms with Crippen LogP contribution in [0, 0.1) is 0 Å². The third-order valence-corrected chi connectivity index (χ3v) is 0.590. The van der Waals surface area contributed by atoms with Crippen LogP contribution in [0.25, 0.3) is 0 Å². The van der Waals surface area contributed by atoms with E-state index in [9.17, 15) is 9.59 Å². The summed E-state index contributed by atoms with van der Waals surface area (Å²) >= 11 is 0. The number of aliphatic imine (C=N–C) groups is 1. The highest BCUT2D eigenvalue weighted by atomic mass is 16.2. The zero-order chi connectivity index (χ0) is 7.98. The van der Waals surface area contributed by atoms with Gasteiger partial charge < -0.3 is 16.8 Å². The van der Waals surface area contributed by atoms with Gasteiger partial charge in [-0.05, 0) is 0 Å². The summed E-state index contributed by atoms with van der Waals surface area (Å²) in [6.07, 6.45) is 0.389. The predicted octanol–water partition coefficient (Wildman–Crippen LogP) is -2.47. The van der Waals surface area contributed by atoms with Gasteiger partial charge in [-0.2, -0.15) is 4.99 Å². The minimum atomic E-state index is -0.577. The molecule has 0 aliphatic carbocycles. The molecule has 0 spiro atoms. The first-order valence-electron chi connectivity index (χ1n) is 2.46. The second-order valence-electron chi connectivity index (χ2n) is 1.43. The van der Waals surface area contributed by atoms with Crippen molar-refractivity contribution in [3.63, 3.8) is 0 Å². The summed E-state index contributed by atoms with van der Waals surface area (Å²) in [5.74, 6) is -0.884. The highest BCUT2D eigenvalue weighted by Crippen LogP contribution is 1.68. The Balaban J connectivity index is 3.64. The number of rotatable bonds is 3. The average Bonchev–Trinajstić information content (AvgIpc) is 1.82. The number of guanidine groups is 1. The second kappa shape index (κ2) is 4.30. The molecule has 0 aliphatic rings. The van der Waals surface area contributed by atoms with E-state index >= 15 is 0 Å². The fourth-order valence-electron chi connectivity index (χ4n) is 0.312. The van der Waals surface area contributed by atoms with E-state index in [1.807, 2.05) is 0 Å². The maximum Gasteiger partial charge on any atom is 0.268 e. The van der Waals surface area contributed by atoms with Crippen molar-refractivity contribution in [1.82, 2.24) is 5.32 Å². The first-order valence-corrected chi connectivity index (χ1v) is 2.46. The van der Waals surface area contributed by atoms with Gasteiger partial charge in [0, 0.05) is 0 Å². The Bertz CT molecular complexity index is 161. The third kappa shape index (κ3) is 4.57. The van der Waals surface area contributed by atoms with Gasteiger partial charge in [-0.25, -0.2) is 0 Å². The smallest absolute Gasteiger partial charge is 0.268 e. The molecule has 56 valence electrons. The summed E-state index contributed by atoms with van der Waals surface area (Å²) in [7, 11) is 0. The molecule has 0 heterocycles. The lowest BCUT2D eigenvalue weighted by Gasteiger charge is -1.91. The average molecular weight is 144 g/mol. The zero-order valence-electron chi connectivity index (χ0n) is 5.20. The summed E-state index contributed by atoms with van der Waals surface area (Å²) in [5.41, 5.74) is 9.71. The topological polar surface area (TPSA) is 111 Å². The van der Waals surface area contributed by atoms with Crippen LogP contribution >= 0.6 is 0 Å². The summed E-state index contributed by atoms with van der Waals surface area (Å²) in [4.78, 5) is 23.2. The Hall–Kier alpha value is -1.59. The van der Waals surface area contributed by atoms with Crippen LogP contribution < -0.4 is 16.8 Å². The van der Waals surface area contributed by atoms with E-state index in [1.165, 1.54) is 0 Å². The van der Waals surface area contributed by atoms with Crippen LogP contribution in [-0.4, -0.2) is 24.8 Å². The van der Waals surface area contributed by atoms with E-state index in [0.717, 1.165) is 0 Å². The normalized spacial score (nSPS) is 8.00.